The van der Waals surface area contributed by atoms with Gasteiger partial charge in [-0.15, -0.1) is 0 Å². The van der Waals surface area contributed by atoms with Crippen molar-refractivity contribution < 1.29 is 23.5 Å². The maximum absolute atomic E-state index is 14.2. The number of hydrogen-bond acceptors (Lipinski definition) is 4. The number of halogens is 1. The first-order chi connectivity index (χ1) is 15.2. The number of anilines is 2. The van der Waals surface area contributed by atoms with Crippen LogP contribution in [0.25, 0.3) is 0 Å². The number of rotatable bonds is 6. The van der Waals surface area contributed by atoms with Gasteiger partial charge in [-0.2, -0.15) is 0 Å². The highest BCUT2D eigenvalue weighted by Crippen LogP contribution is 2.22. The Balaban J connectivity index is 1.61. The molecule has 3 rings (SSSR count). The van der Waals surface area contributed by atoms with E-state index in [-0.39, 0.29) is 5.69 Å². The summed E-state index contributed by atoms with van der Waals surface area (Å²) in [6, 6.07) is 20.1. The highest BCUT2D eigenvalue weighted by atomic mass is 19.1. The molecule has 0 radical (unpaired) electrons. The number of carbonyl (C=O) groups is 2. The van der Waals surface area contributed by atoms with Gasteiger partial charge in [0.2, 0.25) is 0 Å². The summed E-state index contributed by atoms with van der Waals surface area (Å²) in [5.74, 6) is -0.348. The van der Waals surface area contributed by atoms with Gasteiger partial charge in [0.25, 0.3) is 5.91 Å². The zero-order valence-corrected chi connectivity index (χ0v) is 18.1. The van der Waals surface area contributed by atoms with E-state index in [2.05, 4.69) is 10.6 Å². The van der Waals surface area contributed by atoms with Gasteiger partial charge in [0.1, 0.15) is 23.8 Å². The molecule has 2 N–H and O–H groups in total. The summed E-state index contributed by atoms with van der Waals surface area (Å²) in [5.41, 5.74) is 0.822. The van der Waals surface area contributed by atoms with Gasteiger partial charge in [-0.3, -0.25) is 10.1 Å². The summed E-state index contributed by atoms with van der Waals surface area (Å²) < 4.78 is 25.1. The van der Waals surface area contributed by atoms with Crippen molar-refractivity contribution in [2.24, 2.45) is 0 Å². The van der Waals surface area contributed by atoms with E-state index in [9.17, 15) is 14.0 Å². The average molecular weight is 436 g/mol. The molecule has 166 valence electrons. The van der Waals surface area contributed by atoms with Crippen molar-refractivity contribution in [3.05, 3.63) is 89.7 Å². The molecule has 0 saturated carbocycles. The molecule has 0 aromatic heterocycles. The molecule has 0 spiro atoms. The fourth-order valence-corrected chi connectivity index (χ4v) is 2.75. The Morgan fingerprint density at radius 3 is 2.25 bits per heavy atom. The van der Waals surface area contributed by atoms with Crippen LogP contribution >= 0.6 is 0 Å². The molecule has 3 aromatic carbocycles. The van der Waals surface area contributed by atoms with Crippen molar-refractivity contribution in [2.45, 2.75) is 33.0 Å². The summed E-state index contributed by atoms with van der Waals surface area (Å²) >= 11 is 0. The highest BCUT2D eigenvalue weighted by Gasteiger charge is 2.17. The van der Waals surface area contributed by atoms with Gasteiger partial charge < -0.3 is 14.8 Å². The Morgan fingerprint density at radius 1 is 0.906 bits per heavy atom. The van der Waals surface area contributed by atoms with Crippen LogP contribution in [0.1, 0.15) is 36.7 Å². The minimum absolute atomic E-state index is 0.0555. The molecular formula is C25H25FN2O4. The van der Waals surface area contributed by atoms with Crippen LogP contribution in [0.2, 0.25) is 0 Å². The number of para-hydroxylation sites is 1. The highest BCUT2D eigenvalue weighted by molar-refractivity contribution is 6.04. The molecule has 0 saturated heterocycles. The number of hydrogen-bond donors (Lipinski definition) is 2. The Hall–Kier alpha value is -3.87. The predicted octanol–water partition coefficient (Wildman–Crippen LogP) is 6.00. The van der Waals surface area contributed by atoms with E-state index in [4.69, 9.17) is 9.47 Å². The fraction of sp³-hybridized carbons (Fsp3) is 0.200. The molecule has 32 heavy (non-hydrogen) atoms. The molecule has 2 amide bonds. The van der Waals surface area contributed by atoms with Gasteiger partial charge in [0, 0.05) is 11.3 Å². The van der Waals surface area contributed by atoms with E-state index in [1.165, 1.54) is 12.1 Å². The standard InChI is InChI=1S/C25H25FN2O4/c1-25(2,3)32-24(30)27-19-13-14-21(26)22(15-19)28-23(29)18-11-9-17(10-12-18)16-31-20-7-5-4-6-8-20/h4-15H,16H2,1-3H3,(H,27,30)(H,28,29). The van der Waals surface area contributed by atoms with Gasteiger partial charge in [-0.05, 0) is 68.8 Å². The van der Waals surface area contributed by atoms with Crippen LogP contribution in [0.15, 0.2) is 72.8 Å². The van der Waals surface area contributed by atoms with Crippen LogP contribution in [-0.4, -0.2) is 17.6 Å². The number of nitrogens with one attached hydrogen (secondary N) is 2. The van der Waals surface area contributed by atoms with Crippen molar-refractivity contribution in [3.63, 3.8) is 0 Å². The van der Waals surface area contributed by atoms with E-state index < -0.39 is 23.4 Å². The molecule has 0 aliphatic heterocycles. The van der Waals surface area contributed by atoms with E-state index >= 15 is 0 Å². The summed E-state index contributed by atoms with van der Waals surface area (Å²) in [5, 5.41) is 5.05. The Morgan fingerprint density at radius 2 is 1.59 bits per heavy atom. The zero-order chi connectivity index (χ0) is 23.1. The van der Waals surface area contributed by atoms with Gasteiger partial charge in [-0.25, -0.2) is 9.18 Å². The second-order valence-corrected chi connectivity index (χ2v) is 8.07. The number of ether oxygens (including phenoxy) is 2. The van der Waals surface area contributed by atoms with Gasteiger partial charge in [0.05, 0.1) is 5.69 Å². The molecule has 0 aliphatic rings. The number of carbonyl (C=O) groups excluding carboxylic acids is 2. The van der Waals surface area contributed by atoms with Crippen LogP contribution < -0.4 is 15.4 Å². The third-order valence-corrected chi connectivity index (χ3v) is 4.22. The maximum Gasteiger partial charge on any atom is 0.412 e. The molecule has 6 nitrogen and oxygen atoms in total. The predicted molar refractivity (Wildman–Crippen MR) is 121 cm³/mol. The minimum Gasteiger partial charge on any atom is -0.489 e. The maximum atomic E-state index is 14.2. The first kappa shape index (κ1) is 22.8. The molecule has 0 atom stereocenters. The summed E-state index contributed by atoms with van der Waals surface area (Å²) in [7, 11) is 0. The lowest BCUT2D eigenvalue weighted by Crippen LogP contribution is -2.27. The molecule has 0 bridgehead atoms. The Bertz CT molecular complexity index is 1080. The molecular weight excluding hydrogens is 411 g/mol. The van der Waals surface area contributed by atoms with Crippen LogP contribution in [0.4, 0.5) is 20.6 Å². The van der Waals surface area contributed by atoms with E-state index in [1.807, 2.05) is 30.3 Å². The smallest absolute Gasteiger partial charge is 0.412 e. The Kier molecular flexibility index (Phi) is 7.10. The first-order valence-corrected chi connectivity index (χ1v) is 10.1. The monoisotopic (exact) mass is 436 g/mol. The quantitative estimate of drug-likeness (QED) is 0.497. The molecule has 3 aromatic rings. The molecule has 0 fully saturated rings. The van der Waals surface area contributed by atoms with Crippen molar-refractivity contribution >= 4 is 23.4 Å². The lowest BCUT2D eigenvalue weighted by molar-refractivity contribution is 0.0635. The zero-order valence-electron chi connectivity index (χ0n) is 18.1. The lowest BCUT2D eigenvalue weighted by Gasteiger charge is -2.19. The van der Waals surface area contributed by atoms with E-state index in [0.717, 1.165) is 17.4 Å². The number of benzene rings is 3. The number of amides is 2. The fourth-order valence-electron chi connectivity index (χ4n) is 2.75. The lowest BCUT2D eigenvalue weighted by atomic mass is 10.1. The van der Waals surface area contributed by atoms with Crippen LogP contribution in [0.3, 0.4) is 0 Å². The third kappa shape index (κ3) is 6.84. The van der Waals surface area contributed by atoms with Crippen molar-refractivity contribution in [2.75, 3.05) is 10.6 Å². The molecule has 0 unspecified atom stereocenters. The normalized spacial score (nSPS) is 10.9. The van der Waals surface area contributed by atoms with E-state index in [0.29, 0.717) is 17.9 Å². The molecule has 7 heteroatoms. The summed E-state index contributed by atoms with van der Waals surface area (Å²) in [4.78, 5) is 24.5. The molecule has 0 heterocycles. The summed E-state index contributed by atoms with van der Waals surface area (Å²) in [6.07, 6.45) is -0.672. The average Bonchev–Trinajstić information content (AvgIpc) is 2.74. The molecule has 0 aliphatic carbocycles. The van der Waals surface area contributed by atoms with Crippen molar-refractivity contribution in [1.29, 1.82) is 0 Å². The Labute approximate surface area is 186 Å². The topological polar surface area (TPSA) is 76.7 Å². The van der Waals surface area contributed by atoms with Crippen molar-refractivity contribution in [3.8, 4) is 5.75 Å². The van der Waals surface area contributed by atoms with E-state index in [1.54, 1.807) is 45.0 Å². The van der Waals surface area contributed by atoms with Crippen LogP contribution in [0, 0.1) is 5.82 Å². The van der Waals surface area contributed by atoms with Gasteiger partial charge in [-0.1, -0.05) is 30.3 Å². The van der Waals surface area contributed by atoms with Crippen LogP contribution in [0.5, 0.6) is 5.75 Å². The largest absolute Gasteiger partial charge is 0.489 e. The van der Waals surface area contributed by atoms with Crippen LogP contribution in [-0.2, 0) is 11.3 Å². The van der Waals surface area contributed by atoms with Gasteiger partial charge >= 0.3 is 6.09 Å². The summed E-state index contributed by atoms with van der Waals surface area (Å²) in [6.45, 7) is 5.57. The SMILES string of the molecule is CC(C)(C)OC(=O)Nc1ccc(F)c(NC(=O)c2ccc(COc3ccccc3)cc2)c1. The second kappa shape index (κ2) is 9.96. The van der Waals surface area contributed by atoms with Gasteiger partial charge in [0.15, 0.2) is 0 Å². The second-order valence-electron chi connectivity index (χ2n) is 8.07. The first-order valence-electron chi connectivity index (χ1n) is 10.1. The minimum atomic E-state index is -0.672. The van der Waals surface area contributed by atoms with Crippen molar-refractivity contribution in [1.82, 2.24) is 0 Å². The third-order valence-electron chi connectivity index (χ3n) is 4.22.